The Morgan fingerprint density at radius 2 is 2.06 bits per heavy atom. The Morgan fingerprint density at radius 3 is 2.56 bits per heavy atom. The van der Waals surface area contributed by atoms with Gasteiger partial charge in [0, 0.05) is 18.5 Å². The van der Waals surface area contributed by atoms with Gasteiger partial charge in [0.15, 0.2) is 0 Å². The first-order valence-corrected chi connectivity index (χ1v) is 6.83. The van der Waals surface area contributed by atoms with Gasteiger partial charge in [0.05, 0.1) is 0 Å². The molecule has 0 radical (unpaired) electrons. The lowest BCUT2D eigenvalue weighted by atomic mass is 9.80. The summed E-state index contributed by atoms with van der Waals surface area (Å²) in [7, 11) is 0. The van der Waals surface area contributed by atoms with Crippen LogP contribution in [0.4, 0.5) is 0 Å². The molecule has 0 aromatic rings. The normalized spacial score (nSPS) is 26.1. The van der Waals surface area contributed by atoms with E-state index in [0.717, 1.165) is 19.4 Å². The molecule has 0 bridgehead atoms. The smallest absolute Gasteiger partial charge is 0.220 e. The van der Waals surface area contributed by atoms with Crippen molar-refractivity contribution in [2.24, 2.45) is 11.3 Å². The monoisotopic (exact) mass is 276 g/mol. The number of piperidine rings is 1. The van der Waals surface area contributed by atoms with Crippen LogP contribution in [0, 0.1) is 11.3 Å². The third kappa shape index (κ3) is 5.57. The Balaban J connectivity index is 0.00000289. The summed E-state index contributed by atoms with van der Waals surface area (Å²) >= 11 is 0. The highest BCUT2D eigenvalue weighted by Gasteiger charge is 2.26. The number of hydrogen-bond acceptors (Lipinski definition) is 2. The summed E-state index contributed by atoms with van der Waals surface area (Å²) in [6, 6.07) is 0.709. The van der Waals surface area contributed by atoms with Crippen LogP contribution in [-0.4, -0.2) is 24.5 Å². The van der Waals surface area contributed by atoms with Crippen LogP contribution in [0.1, 0.15) is 53.9 Å². The fraction of sp³-hybridized carbons (Fsp3) is 0.929. The van der Waals surface area contributed by atoms with Crippen molar-refractivity contribution in [1.82, 2.24) is 10.6 Å². The van der Waals surface area contributed by atoms with Gasteiger partial charge in [-0.3, -0.25) is 4.79 Å². The van der Waals surface area contributed by atoms with Crippen LogP contribution in [0.25, 0.3) is 0 Å². The molecule has 0 aromatic carbocycles. The average Bonchev–Trinajstić information content (AvgIpc) is 2.20. The summed E-state index contributed by atoms with van der Waals surface area (Å²) in [5.41, 5.74) is 0.202. The van der Waals surface area contributed by atoms with Gasteiger partial charge in [-0.05, 0) is 37.6 Å². The first kappa shape index (κ1) is 17.7. The maximum absolute atomic E-state index is 12.0. The van der Waals surface area contributed by atoms with Gasteiger partial charge >= 0.3 is 0 Å². The van der Waals surface area contributed by atoms with E-state index < -0.39 is 0 Å². The van der Waals surface area contributed by atoms with Crippen LogP contribution in [0.2, 0.25) is 0 Å². The fourth-order valence-electron chi connectivity index (χ4n) is 2.09. The van der Waals surface area contributed by atoms with Crippen molar-refractivity contribution in [3.63, 3.8) is 0 Å². The number of carbonyl (C=O) groups excluding carboxylic acids is 1. The van der Waals surface area contributed by atoms with Gasteiger partial charge in [0.2, 0.25) is 5.91 Å². The highest BCUT2D eigenvalue weighted by Crippen LogP contribution is 2.27. The first-order valence-electron chi connectivity index (χ1n) is 6.83. The SMILES string of the molecule is CC1NCCCC1NC(=O)CC(C)C(C)(C)C.Cl. The quantitative estimate of drug-likeness (QED) is 0.832. The second-order valence-electron chi connectivity index (χ2n) is 6.53. The second-order valence-corrected chi connectivity index (χ2v) is 6.53. The van der Waals surface area contributed by atoms with Crippen LogP contribution in [0.15, 0.2) is 0 Å². The highest BCUT2D eigenvalue weighted by atomic mass is 35.5. The molecule has 1 aliphatic heterocycles. The average molecular weight is 277 g/mol. The summed E-state index contributed by atoms with van der Waals surface area (Å²) in [6.07, 6.45) is 2.89. The van der Waals surface area contributed by atoms with Crippen LogP contribution in [-0.2, 0) is 4.79 Å². The van der Waals surface area contributed by atoms with E-state index in [-0.39, 0.29) is 23.7 Å². The minimum absolute atomic E-state index is 0. The lowest BCUT2D eigenvalue weighted by molar-refractivity contribution is -0.123. The van der Waals surface area contributed by atoms with E-state index in [1.165, 1.54) is 0 Å². The van der Waals surface area contributed by atoms with E-state index >= 15 is 0 Å². The van der Waals surface area contributed by atoms with E-state index in [1.54, 1.807) is 0 Å². The molecule has 4 heteroatoms. The van der Waals surface area contributed by atoms with Gasteiger partial charge < -0.3 is 10.6 Å². The Hall–Kier alpha value is -0.280. The molecule has 0 spiro atoms. The maximum Gasteiger partial charge on any atom is 0.220 e. The zero-order valence-corrected chi connectivity index (χ0v) is 13.2. The number of rotatable bonds is 3. The standard InChI is InChI=1S/C14H28N2O.ClH/c1-10(14(3,4)5)9-13(17)16-12-7-6-8-15-11(12)2;/h10-12,15H,6-9H2,1-5H3,(H,16,17);1H. The van der Waals surface area contributed by atoms with Crippen molar-refractivity contribution in [1.29, 1.82) is 0 Å². The number of halogens is 1. The van der Waals surface area contributed by atoms with E-state index in [0.29, 0.717) is 24.4 Å². The van der Waals surface area contributed by atoms with Crippen molar-refractivity contribution < 1.29 is 4.79 Å². The number of hydrogen-bond donors (Lipinski definition) is 2. The van der Waals surface area contributed by atoms with E-state index in [1.807, 2.05) is 0 Å². The lowest BCUT2D eigenvalue weighted by Crippen LogP contribution is -2.52. The molecule has 1 rings (SSSR count). The van der Waals surface area contributed by atoms with Crippen molar-refractivity contribution in [3.05, 3.63) is 0 Å². The Morgan fingerprint density at radius 1 is 1.44 bits per heavy atom. The van der Waals surface area contributed by atoms with Crippen molar-refractivity contribution in [2.75, 3.05) is 6.54 Å². The van der Waals surface area contributed by atoms with Gasteiger partial charge in [0.25, 0.3) is 0 Å². The third-order valence-corrected chi connectivity index (χ3v) is 4.08. The van der Waals surface area contributed by atoms with Crippen LogP contribution in [0.5, 0.6) is 0 Å². The van der Waals surface area contributed by atoms with Gasteiger partial charge in [-0.1, -0.05) is 27.7 Å². The topological polar surface area (TPSA) is 41.1 Å². The molecular weight excluding hydrogens is 248 g/mol. The predicted octanol–water partition coefficient (Wildman–Crippen LogP) is 2.74. The van der Waals surface area contributed by atoms with E-state index in [2.05, 4.69) is 45.3 Å². The van der Waals surface area contributed by atoms with Crippen molar-refractivity contribution in [2.45, 2.75) is 66.0 Å². The van der Waals surface area contributed by atoms with Crippen molar-refractivity contribution >= 4 is 18.3 Å². The molecule has 1 fully saturated rings. The minimum atomic E-state index is 0. The summed E-state index contributed by atoms with van der Waals surface area (Å²) in [6.45, 7) is 12.0. The summed E-state index contributed by atoms with van der Waals surface area (Å²) < 4.78 is 0. The molecule has 108 valence electrons. The molecule has 0 aromatic heterocycles. The van der Waals surface area contributed by atoms with Gasteiger partial charge in [0.1, 0.15) is 0 Å². The molecule has 1 aliphatic rings. The Labute approximate surface area is 118 Å². The molecule has 18 heavy (non-hydrogen) atoms. The lowest BCUT2D eigenvalue weighted by Gasteiger charge is -2.32. The molecule has 1 saturated heterocycles. The molecule has 0 aliphatic carbocycles. The highest BCUT2D eigenvalue weighted by molar-refractivity contribution is 5.85. The third-order valence-electron chi connectivity index (χ3n) is 4.08. The molecule has 1 heterocycles. The van der Waals surface area contributed by atoms with Gasteiger partial charge in [-0.15, -0.1) is 12.4 Å². The molecule has 3 nitrogen and oxygen atoms in total. The zero-order valence-electron chi connectivity index (χ0n) is 12.4. The largest absolute Gasteiger partial charge is 0.352 e. The fourth-order valence-corrected chi connectivity index (χ4v) is 2.09. The van der Waals surface area contributed by atoms with Crippen LogP contribution < -0.4 is 10.6 Å². The van der Waals surface area contributed by atoms with Crippen molar-refractivity contribution in [3.8, 4) is 0 Å². The van der Waals surface area contributed by atoms with Gasteiger partial charge in [-0.25, -0.2) is 0 Å². The molecular formula is C14H29ClN2O. The molecule has 3 atom stereocenters. The number of amides is 1. The molecule has 0 saturated carbocycles. The minimum Gasteiger partial charge on any atom is -0.352 e. The second kappa shape index (κ2) is 7.34. The predicted molar refractivity (Wildman–Crippen MR) is 79.1 cm³/mol. The Bertz CT molecular complexity index is 263. The summed E-state index contributed by atoms with van der Waals surface area (Å²) in [5, 5.41) is 6.58. The molecule has 1 amide bonds. The van der Waals surface area contributed by atoms with E-state index in [9.17, 15) is 4.79 Å². The molecule has 3 unspecified atom stereocenters. The van der Waals surface area contributed by atoms with Gasteiger partial charge in [-0.2, -0.15) is 0 Å². The summed E-state index contributed by atoms with van der Waals surface area (Å²) in [5.74, 6) is 0.613. The van der Waals surface area contributed by atoms with Crippen LogP contribution >= 0.6 is 12.4 Å². The first-order chi connectivity index (χ1) is 7.80. The maximum atomic E-state index is 12.0. The van der Waals surface area contributed by atoms with Crippen LogP contribution in [0.3, 0.4) is 0 Å². The van der Waals surface area contributed by atoms with E-state index in [4.69, 9.17) is 0 Å². The zero-order chi connectivity index (χ0) is 13.1. The molecule has 2 N–H and O–H groups in total. The number of carbonyl (C=O) groups is 1. The number of nitrogens with one attached hydrogen (secondary N) is 2. The summed E-state index contributed by atoms with van der Waals surface area (Å²) in [4.78, 5) is 12.0. The Kier molecular flexibility index (Phi) is 7.23.